The smallest absolute Gasteiger partial charge is 0.411 e. The number of carbonyl (C=O) groups excluding carboxylic acids is 3. The van der Waals surface area contributed by atoms with E-state index in [9.17, 15) is 34.5 Å². The Morgan fingerprint density at radius 1 is 0.833 bits per heavy atom. The number of carboxylic acid groups (broad SMARTS) is 1. The van der Waals surface area contributed by atoms with E-state index in [0.29, 0.717) is 0 Å². The van der Waals surface area contributed by atoms with Gasteiger partial charge in [0.1, 0.15) is 23.3 Å². The third kappa shape index (κ3) is 7.45. The number of ether oxygens (including phenoxy) is 3. The van der Waals surface area contributed by atoms with Crippen LogP contribution in [0.2, 0.25) is 0 Å². The molecule has 0 radical (unpaired) electrons. The number of rotatable bonds is 6. The van der Waals surface area contributed by atoms with Crippen LogP contribution >= 0.6 is 0 Å². The van der Waals surface area contributed by atoms with E-state index in [2.05, 4.69) is 0 Å². The van der Waals surface area contributed by atoms with Crippen molar-refractivity contribution in [1.29, 1.82) is 0 Å². The van der Waals surface area contributed by atoms with Crippen molar-refractivity contribution < 1.29 is 48.7 Å². The minimum atomic E-state index is -1.25. The summed E-state index contributed by atoms with van der Waals surface area (Å²) in [5, 5.41) is 30.2. The van der Waals surface area contributed by atoms with Gasteiger partial charge in [-0.1, -0.05) is 0 Å². The molecule has 0 aromatic carbocycles. The maximum Gasteiger partial charge on any atom is 0.411 e. The normalized spacial score (nSPS) is 28.7. The molecule has 2 amide bonds. The lowest BCUT2D eigenvalue weighted by Gasteiger charge is -2.31. The molecule has 2 rings (SSSR count). The molecule has 12 heteroatoms. The van der Waals surface area contributed by atoms with Gasteiger partial charge in [-0.3, -0.25) is 9.80 Å². The lowest BCUT2D eigenvalue weighted by Crippen LogP contribution is -2.48. The Morgan fingerprint density at radius 3 is 1.83 bits per heavy atom. The molecule has 0 unspecified atom stereocenters. The number of carbonyl (C=O) groups is 4. The number of aliphatic hydroxyl groups excluding tert-OH is 2. The minimum Gasteiger partial charge on any atom is -0.480 e. The van der Waals surface area contributed by atoms with E-state index in [1.165, 1.54) is 4.90 Å². The summed E-state index contributed by atoms with van der Waals surface area (Å²) in [6.07, 6.45) is -3.31. The summed E-state index contributed by atoms with van der Waals surface area (Å²) in [6, 6.07) is -3.71. The number of hydrogen-bond acceptors (Lipinski definition) is 9. The third-order valence-corrected chi connectivity index (χ3v) is 6.05. The zero-order valence-corrected chi connectivity index (χ0v) is 22.1. The number of likely N-dealkylation sites (tertiary alicyclic amines) is 2. The summed E-state index contributed by atoms with van der Waals surface area (Å²) in [4.78, 5) is 51.9. The Morgan fingerprint density at radius 2 is 1.33 bits per heavy atom. The number of nitrogens with zero attached hydrogens (tertiary/aromatic N) is 2. The molecule has 0 saturated carbocycles. The summed E-state index contributed by atoms with van der Waals surface area (Å²) in [5.74, 6) is -1.95. The fraction of sp³-hybridized carbons (Fsp3) is 0.833. The Kier molecular flexibility index (Phi) is 9.22. The van der Waals surface area contributed by atoms with Gasteiger partial charge in [0, 0.05) is 12.8 Å². The van der Waals surface area contributed by atoms with Crippen molar-refractivity contribution in [2.24, 2.45) is 0 Å². The van der Waals surface area contributed by atoms with E-state index in [-0.39, 0.29) is 32.3 Å². The molecule has 0 aromatic heterocycles. The van der Waals surface area contributed by atoms with Crippen molar-refractivity contribution >= 4 is 24.1 Å². The van der Waals surface area contributed by atoms with Crippen molar-refractivity contribution in [3.8, 4) is 0 Å². The second-order valence-corrected chi connectivity index (χ2v) is 11.4. The highest BCUT2D eigenvalue weighted by Gasteiger charge is 2.49. The van der Waals surface area contributed by atoms with Gasteiger partial charge in [0.15, 0.2) is 0 Å². The minimum absolute atomic E-state index is 0.00724. The van der Waals surface area contributed by atoms with Gasteiger partial charge in [0.2, 0.25) is 0 Å². The van der Waals surface area contributed by atoms with Gasteiger partial charge >= 0.3 is 24.1 Å². The number of carboxylic acids is 1. The molecular weight excluding hydrogens is 476 g/mol. The lowest BCUT2D eigenvalue weighted by atomic mass is 10.1. The fourth-order valence-corrected chi connectivity index (χ4v) is 4.43. The highest BCUT2D eigenvalue weighted by Crippen LogP contribution is 2.31. The fourth-order valence-electron chi connectivity index (χ4n) is 4.43. The van der Waals surface area contributed by atoms with Crippen molar-refractivity contribution in [3.63, 3.8) is 0 Å². The molecular formula is C24H40N2O10. The zero-order chi connectivity index (χ0) is 27.6. The van der Waals surface area contributed by atoms with Crippen LogP contribution < -0.4 is 0 Å². The highest BCUT2D eigenvalue weighted by atomic mass is 16.6. The van der Waals surface area contributed by atoms with Crippen molar-refractivity contribution in [2.45, 2.75) is 122 Å². The topological polar surface area (TPSA) is 163 Å². The molecule has 206 valence electrons. The summed E-state index contributed by atoms with van der Waals surface area (Å²) < 4.78 is 16.0. The van der Waals surface area contributed by atoms with Crippen LogP contribution in [-0.2, 0) is 23.8 Å². The number of aliphatic hydroxyl groups is 2. The second kappa shape index (κ2) is 11.2. The molecule has 0 aromatic rings. The maximum absolute atomic E-state index is 12.8. The van der Waals surface area contributed by atoms with Crippen molar-refractivity contribution in [3.05, 3.63) is 0 Å². The molecule has 3 N–H and O–H groups in total. The van der Waals surface area contributed by atoms with Gasteiger partial charge in [-0.25, -0.2) is 19.2 Å². The van der Waals surface area contributed by atoms with Crippen LogP contribution in [0.25, 0.3) is 0 Å². The first-order valence-corrected chi connectivity index (χ1v) is 12.2. The van der Waals surface area contributed by atoms with Crippen LogP contribution in [0.5, 0.6) is 0 Å². The molecule has 0 bridgehead atoms. The van der Waals surface area contributed by atoms with Gasteiger partial charge in [-0.05, 0) is 61.3 Å². The number of amides is 2. The molecule has 2 aliphatic heterocycles. The molecule has 0 aliphatic carbocycles. The van der Waals surface area contributed by atoms with E-state index in [1.807, 2.05) is 0 Å². The molecule has 2 saturated heterocycles. The first kappa shape index (κ1) is 29.6. The average Bonchev–Trinajstić information content (AvgIpc) is 3.19. The summed E-state index contributed by atoms with van der Waals surface area (Å²) in [5.41, 5.74) is -1.63. The predicted molar refractivity (Wildman–Crippen MR) is 126 cm³/mol. The predicted octanol–water partition coefficient (Wildman–Crippen LogP) is 1.89. The summed E-state index contributed by atoms with van der Waals surface area (Å²) in [6.45, 7) is 11.6. The van der Waals surface area contributed by atoms with Crippen LogP contribution in [0.3, 0.4) is 0 Å². The SMILES string of the molecule is C[C@H]1[C@@H](O)C[C@@H](C(=O)OCCC[C@H]2[C@@H](O)C[C@@H](C(=O)O)N2C(=O)OC(C)(C)C)N1C(=O)OC(C)(C)C. The molecule has 12 nitrogen and oxygen atoms in total. The zero-order valence-electron chi connectivity index (χ0n) is 22.1. The largest absolute Gasteiger partial charge is 0.480 e. The van der Waals surface area contributed by atoms with Crippen molar-refractivity contribution in [1.82, 2.24) is 9.80 Å². The van der Waals surface area contributed by atoms with Gasteiger partial charge in [-0.2, -0.15) is 0 Å². The van der Waals surface area contributed by atoms with Gasteiger partial charge in [-0.15, -0.1) is 0 Å². The Balaban J connectivity index is 1.99. The van der Waals surface area contributed by atoms with Gasteiger partial charge < -0.3 is 29.5 Å². The quantitative estimate of drug-likeness (QED) is 0.270. The standard InChI is InChI=1S/C24H40N2O10/c1-13-17(27)12-16(25(13)21(32)35-23(2,3)4)20(31)34-10-8-9-14-18(28)11-15(19(29)30)26(14)22(33)36-24(5,6)7/h13-18,27-28H,8-12H2,1-7H3,(H,29,30)/t13-,14-,15-,16-,17-,18-/m0/s1. The lowest BCUT2D eigenvalue weighted by molar-refractivity contribution is -0.149. The molecule has 2 heterocycles. The first-order valence-electron chi connectivity index (χ1n) is 12.2. The molecule has 36 heavy (non-hydrogen) atoms. The van der Waals surface area contributed by atoms with Crippen LogP contribution in [0.1, 0.15) is 74.1 Å². The second-order valence-electron chi connectivity index (χ2n) is 11.4. The Bertz CT molecular complexity index is 834. The Labute approximate surface area is 211 Å². The first-order chi connectivity index (χ1) is 16.4. The average molecular weight is 517 g/mol. The molecule has 0 spiro atoms. The number of hydrogen-bond donors (Lipinski definition) is 3. The van der Waals surface area contributed by atoms with E-state index in [1.54, 1.807) is 48.5 Å². The van der Waals surface area contributed by atoms with Crippen molar-refractivity contribution in [2.75, 3.05) is 6.61 Å². The monoisotopic (exact) mass is 516 g/mol. The maximum atomic E-state index is 12.8. The molecule has 2 aliphatic rings. The van der Waals surface area contributed by atoms with Crippen LogP contribution in [0.4, 0.5) is 9.59 Å². The molecule has 6 atom stereocenters. The van der Waals surface area contributed by atoms with E-state index >= 15 is 0 Å². The van der Waals surface area contributed by atoms with Gasteiger partial charge in [0.05, 0.1) is 30.9 Å². The summed E-state index contributed by atoms with van der Waals surface area (Å²) in [7, 11) is 0. The van der Waals surface area contributed by atoms with Crippen LogP contribution in [0, 0.1) is 0 Å². The highest BCUT2D eigenvalue weighted by molar-refractivity contribution is 5.83. The number of aliphatic carboxylic acids is 1. The summed E-state index contributed by atoms with van der Waals surface area (Å²) >= 11 is 0. The van der Waals surface area contributed by atoms with Gasteiger partial charge in [0.25, 0.3) is 0 Å². The van der Waals surface area contributed by atoms with Crippen LogP contribution in [-0.4, -0.2) is 103 Å². The van der Waals surface area contributed by atoms with Crippen LogP contribution in [0.15, 0.2) is 0 Å². The number of esters is 1. The molecule has 2 fully saturated rings. The van der Waals surface area contributed by atoms with E-state index in [4.69, 9.17) is 14.2 Å². The third-order valence-electron chi connectivity index (χ3n) is 6.05. The van der Waals surface area contributed by atoms with E-state index < -0.39 is 71.7 Å². The Hall–Kier alpha value is -2.60. The van der Waals surface area contributed by atoms with E-state index in [0.717, 1.165) is 4.90 Å².